The van der Waals surface area contributed by atoms with E-state index in [9.17, 15) is 19.7 Å². The van der Waals surface area contributed by atoms with E-state index in [1.165, 1.54) is 18.2 Å². The van der Waals surface area contributed by atoms with Crippen LogP contribution in [0.3, 0.4) is 0 Å². The molecule has 0 aliphatic carbocycles. The second kappa shape index (κ2) is 8.81. The van der Waals surface area contributed by atoms with Crippen molar-refractivity contribution >= 4 is 28.5 Å². The fraction of sp³-hybridized carbons (Fsp3) is 0.200. The van der Waals surface area contributed by atoms with Crippen LogP contribution in [-0.2, 0) is 27.2 Å². The molecule has 0 unspecified atom stereocenters. The molecular formula is C20H19N3O5. The van der Waals surface area contributed by atoms with Gasteiger partial charge in [-0.1, -0.05) is 36.4 Å². The monoisotopic (exact) mass is 381 g/mol. The van der Waals surface area contributed by atoms with Gasteiger partial charge in [-0.05, 0) is 18.1 Å². The number of nitrogens with one attached hydrogen (secondary N) is 2. The summed E-state index contributed by atoms with van der Waals surface area (Å²) in [5, 5.41) is 14.8. The molecule has 3 aromatic rings. The number of aromatic nitrogens is 1. The Morgan fingerprint density at radius 3 is 2.64 bits per heavy atom. The third-order valence-electron chi connectivity index (χ3n) is 4.28. The molecule has 1 aromatic heterocycles. The first-order chi connectivity index (χ1) is 13.5. The van der Waals surface area contributed by atoms with Gasteiger partial charge in [-0.2, -0.15) is 0 Å². The van der Waals surface area contributed by atoms with Crippen LogP contribution in [0.25, 0.3) is 10.9 Å². The van der Waals surface area contributed by atoms with Crippen molar-refractivity contribution in [2.45, 2.75) is 12.8 Å². The predicted octanol–water partition coefficient (Wildman–Crippen LogP) is 2.52. The molecule has 0 saturated heterocycles. The smallest absolute Gasteiger partial charge is 0.311 e. The molecule has 0 fully saturated rings. The summed E-state index contributed by atoms with van der Waals surface area (Å²) >= 11 is 0. The molecule has 0 atom stereocenters. The second-order valence-corrected chi connectivity index (χ2v) is 6.18. The van der Waals surface area contributed by atoms with Crippen LogP contribution in [0, 0.1) is 10.1 Å². The molecule has 0 bridgehead atoms. The molecule has 1 heterocycles. The highest BCUT2D eigenvalue weighted by atomic mass is 16.6. The molecule has 0 aliphatic heterocycles. The topological polar surface area (TPSA) is 114 Å². The summed E-state index contributed by atoms with van der Waals surface area (Å²) in [4.78, 5) is 37.3. The van der Waals surface area contributed by atoms with Crippen LogP contribution in [0.15, 0.2) is 54.7 Å². The van der Waals surface area contributed by atoms with Crippen molar-refractivity contribution in [2.75, 3.05) is 13.2 Å². The van der Waals surface area contributed by atoms with Gasteiger partial charge in [0.05, 0.1) is 11.3 Å². The lowest BCUT2D eigenvalue weighted by atomic mass is 10.1. The van der Waals surface area contributed by atoms with Crippen molar-refractivity contribution in [3.63, 3.8) is 0 Å². The molecule has 0 aliphatic rings. The molecule has 3 rings (SSSR count). The van der Waals surface area contributed by atoms with E-state index in [2.05, 4.69) is 10.3 Å². The number of carbonyl (C=O) groups excluding carboxylic acids is 2. The molecule has 2 N–H and O–H groups in total. The first-order valence-corrected chi connectivity index (χ1v) is 8.74. The summed E-state index contributed by atoms with van der Waals surface area (Å²) < 4.78 is 4.92. The summed E-state index contributed by atoms with van der Waals surface area (Å²) in [6, 6.07) is 13.8. The zero-order chi connectivity index (χ0) is 19.9. The minimum Gasteiger partial charge on any atom is -0.455 e. The van der Waals surface area contributed by atoms with Gasteiger partial charge in [0.25, 0.3) is 11.6 Å². The van der Waals surface area contributed by atoms with Gasteiger partial charge in [0.1, 0.15) is 0 Å². The SMILES string of the molecule is O=C(COC(=O)Cc1ccccc1[N+](=O)[O-])NCCc1c[nH]c2ccccc12. The average molecular weight is 381 g/mol. The minimum absolute atomic E-state index is 0.150. The number of nitrogens with zero attached hydrogens (tertiary/aromatic N) is 1. The maximum absolute atomic E-state index is 11.9. The highest BCUT2D eigenvalue weighted by Gasteiger charge is 2.17. The summed E-state index contributed by atoms with van der Waals surface area (Å²) in [6.07, 6.45) is 2.28. The Hall–Kier alpha value is -3.68. The van der Waals surface area contributed by atoms with Gasteiger partial charge >= 0.3 is 5.97 Å². The van der Waals surface area contributed by atoms with Crippen LogP contribution in [0.2, 0.25) is 0 Å². The van der Waals surface area contributed by atoms with Crippen molar-refractivity contribution in [1.29, 1.82) is 0 Å². The Kier molecular flexibility index (Phi) is 6.01. The van der Waals surface area contributed by atoms with Crippen LogP contribution < -0.4 is 5.32 Å². The minimum atomic E-state index is -0.693. The number of hydrogen-bond acceptors (Lipinski definition) is 5. The molecule has 2 aromatic carbocycles. The number of nitro benzene ring substituents is 1. The second-order valence-electron chi connectivity index (χ2n) is 6.18. The third-order valence-corrected chi connectivity index (χ3v) is 4.28. The van der Waals surface area contributed by atoms with Crippen molar-refractivity contribution in [3.8, 4) is 0 Å². The van der Waals surface area contributed by atoms with E-state index in [1.54, 1.807) is 6.07 Å². The Labute approximate surface area is 160 Å². The third kappa shape index (κ3) is 4.73. The van der Waals surface area contributed by atoms with Crippen LogP contribution in [0.1, 0.15) is 11.1 Å². The van der Waals surface area contributed by atoms with Crippen LogP contribution in [-0.4, -0.2) is 34.9 Å². The molecule has 8 nitrogen and oxygen atoms in total. The highest BCUT2D eigenvalue weighted by molar-refractivity contribution is 5.83. The Balaban J connectivity index is 1.43. The Bertz CT molecular complexity index is 1010. The van der Waals surface area contributed by atoms with E-state index in [1.807, 2.05) is 30.5 Å². The summed E-state index contributed by atoms with van der Waals surface area (Å²) in [5.74, 6) is -1.11. The standard InChI is InChI=1S/C20H19N3O5/c24-19(21-10-9-15-12-22-17-7-3-2-6-16(15)17)13-28-20(25)11-14-5-1-4-8-18(14)23(26)27/h1-8,12,22H,9-11,13H2,(H,21,24). The number of H-pyrrole nitrogens is 1. The first kappa shape index (κ1) is 19.1. The number of rotatable bonds is 8. The van der Waals surface area contributed by atoms with E-state index in [0.717, 1.165) is 16.5 Å². The normalized spacial score (nSPS) is 10.6. The summed E-state index contributed by atoms with van der Waals surface area (Å²) in [7, 11) is 0. The van der Waals surface area contributed by atoms with Crippen LogP contribution in [0.4, 0.5) is 5.69 Å². The number of ether oxygens (including phenoxy) is 1. The lowest BCUT2D eigenvalue weighted by Gasteiger charge is -2.07. The molecule has 8 heteroatoms. The van der Waals surface area contributed by atoms with Crippen LogP contribution in [0.5, 0.6) is 0 Å². The Morgan fingerprint density at radius 2 is 1.82 bits per heavy atom. The summed E-state index contributed by atoms with van der Waals surface area (Å²) in [5.41, 5.74) is 2.22. The van der Waals surface area contributed by atoms with E-state index in [-0.39, 0.29) is 17.7 Å². The van der Waals surface area contributed by atoms with Crippen molar-refractivity contribution in [3.05, 3.63) is 76.0 Å². The van der Waals surface area contributed by atoms with Gasteiger partial charge in [-0.15, -0.1) is 0 Å². The fourth-order valence-electron chi connectivity index (χ4n) is 2.92. The number of benzene rings is 2. The number of amides is 1. The molecule has 144 valence electrons. The van der Waals surface area contributed by atoms with Crippen molar-refractivity contribution < 1.29 is 19.2 Å². The van der Waals surface area contributed by atoms with Gasteiger partial charge < -0.3 is 15.0 Å². The quantitative estimate of drug-likeness (QED) is 0.353. The number of esters is 1. The molecular weight excluding hydrogens is 362 g/mol. The van der Waals surface area contributed by atoms with Crippen LogP contribution >= 0.6 is 0 Å². The summed E-state index contributed by atoms with van der Waals surface area (Å²) in [6.45, 7) is -0.0181. The highest BCUT2D eigenvalue weighted by Crippen LogP contribution is 2.19. The molecule has 28 heavy (non-hydrogen) atoms. The Morgan fingerprint density at radius 1 is 1.07 bits per heavy atom. The van der Waals surface area contributed by atoms with E-state index < -0.39 is 23.4 Å². The first-order valence-electron chi connectivity index (χ1n) is 8.74. The number of fused-ring (bicyclic) bond motifs is 1. The zero-order valence-corrected chi connectivity index (χ0v) is 15.0. The molecule has 0 radical (unpaired) electrons. The largest absolute Gasteiger partial charge is 0.455 e. The van der Waals surface area contributed by atoms with Gasteiger partial charge in [0, 0.05) is 35.3 Å². The molecule has 0 spiro atoms. The number of nitro groups is 1. The van der Waals surface area contributed by atoms with Gasteiger partial charge in [0.2, 0.25) is 0 Å². The molecule has 1 amide bonds. The average Bonchev–Trinajstić information content (AvgIpc) is 3.10. The zero-order valence-electron chi connectivity index (χ0n) is 15.0. The van der Waals surface area contributed by atoms with Crippen molar-refractivity contribution in [1.82, 2.24) is 10.3 Å². The number of para-hydroxylation sites is 2. The van der Waals surface area contributed by atoms with E-state index in [0.29, 0.717) is 13.0 Å². The van der Waals surface area contributed by atoms with Gasteiger partial charge in [-0.25, -0.2) is 0 Å². The number of hydrogen-bond donors (Lipinski definition) is 2. The van der Waals surface area contributed by atoms with Gasteiger partial charge in [0.15, 0.2) is 6.61 Å². The van der Waals surface area contributed by atoms with Crippen molar-refractivity contribution in [2.24, 2.45) is 0 Å². The number of aromatic amines is 1. The maximum Gasteiger partial charge on any atom is 0.311 e. The fourth-order valence-corrected chi connectivity index (χ4v) is 2.92. The number of carbonyl (C=O) groups is 2. The lowest BCUT2D eigenvalue weighted by molar-refractivity contribution is -0.385. The van der Waals surface area contributed by atoms with E-state index in [4.69, 9.17) is 4.74 Å². The van der Waals surface area contributed by atoms with E-state index >= 15 is 0 Å². The predicted molar refractivity (Wildman–Crippen MR) is 103 cm³/mol. The van der Waals surface area contributed by atoms with Gasteiger partial charge in [-0.3, -0.25) is 19.7 Å². The molecule has 0 saturated carbocycles. The maximum atomic E-state index is 11.9. The lowest BCUT2D eigenvalue weighted by Crippen LogP contribution is -2.30.